The Morgan fingerprint density at radius 3 is 2.59 bits per heavy atom. The van der Waals surface area contributed by atoms with E-state index in [9.17, 15) is 10.2 Å². The summed E-state index contributed by atoms with van der Waals surface area (Å²) in [6.45, 7) is 7.57. The van der Waals surface area contributed by atoms with Crippen LogP contribution in [0.2, 0.25) is 0 Å². The van der Waals surface area contributed by atoms with Crippen molar-refractivity contribution in [2.24, 2.45) is 46.3 Å². The zero-order chi connectivity index (χ0) is 23.7. The SMILES string of the molecule is C[C@H](CCc1nc2ccccc2[nH]1)[C@H]1CC[C@H]2[C@@H]3[C@H](O)CC4C[C@H](O)CC[C@]4(C)[C@H]3CC[C@]12C. The molecule has 1 aromatic carbocycles. The van der Waals surface area contributed by atoms with Crippen molar-refractivity contribution in [2.45, 2.75) is 97.2 Å². The lowest BCUT2D eigenvalue weighted by Gasteiger charge is -2.62. The molecule has 2 aromatic rings. The van der Waals surface area contributed by atoms with Crippen LogP contribution in [0, 0.1) is 46.3 Å². The highest BCUT2D eigenvalue weighted by Crippen LogP contribution is 2.68. The zero-order valence-electron chi connectivity index (χ0n) is 21.3. The van der Waals surface area contributed by atoms with E-state index in [1.54, 1.807) is 0 Å². The Bertz CT molecular complexity index is 1000. The number of aromatic amines is 1. The first kappa shape index (κ1) is 23.0. The average Bonchev–Trinajstić information content (AvgIpc) is 3.39. The van der Waals surface area contributed by atoms with E-state index in [2.05, 4.69) is 50.0 Å². The highest BCUT2D eigenvalue weighted by molar-refractivity contribution is 5.74. The minimum atomic E-state index is -0.178. The van der Waals surface area contributed by atoms with Crippen molar-refractivity contribution >= 4 is 11.0 Å². The van der Waals surface area contributed by atoms with E-state index in [0.29, 0.717) is 40.4 Å². The molecule has 4 aliphatic rings. The number of H-pyrrole nitrogens is 1. The summed E-state index contributed by atoms with van der Waals surface area (Å²) in [5, 5.41) is 21.8. The van der Waals surface area contributed by atoms with Gasteiger partial charge in [-0.3, -0.25) is 0 Å². The lowest BCUT2D eigenvalue weighted by molar-refractivity contribution is -0.174. The van der Waals surface area contributed by atoms with Crippen LogP contribution in [-0.4, -0.2) is 32.4 Å². The van der Waals surface area contributed by atoms with Crippen molar-refractivity contribution in [1.82, 2.24) is 9.97 Å². The Balaban J connectivity index is 1.18. The molecule has 0 amide bonds. The number of nitrogens with one attached hydrogen (secondary N) is 1. The van der Waals surface area contributed by atoms with Gasteiger partial charge < -0.3 is 15.2 Å². The fraction of sp³-hybridized carbons (Fsp3) is 0.767. The molecular formula is C30H44N2O2. The van der Waals surface area contributed by atoms with Gasteiger partial charge in [0.05, 0.1) is 23.2 Å². The van der Waals surface area contributed by atoms with Gasteiger partial charge in [0.15, 0.2) is 0 Å². The molecule has 0 radical (unpaired) electrons. The summed E-state index contributed by atoms with van der Waals surface area (Å²) < 4.78 is 0. The van der Waals surface area contributed by atoms with Crippen molar-refractivity contribution in [1.29, 1.82) is 0 Å². The van der Waals surface area contributed by atoms with Crippen LogP contribution < -0.4 is 0 Å². The first-order valence-corrected chi connectivity index (χ1v) is 14.1. The summed E-state index contributed by atoms with van der Waals surface area (Å²) >= 11 is 0. The molecule has 6 rings (SSSR count). The molecule has 0 spiro atoms. The van der Waals surface area contributed by atoms with Gasteiger partial charge in [-0.1, -0.05) is 32.9 Å². The maximum absolute atomic E-state index is 11.5. The van der Waals surface area contributed by atoms with Gasteiger partial charge in [-0.15, -0.1) is 0 Å². The van der Waals surface area contributed by atoms with Crippen LogP contribution in [0.15, 0.2) is 24.3 Å². The Hall–Kier alpha value is -1.39. The molecule has 0 saturated heterocycles. The maximum Gasteiger partial charge on any atom is 0.107 e. The van der Waals surface area contributed by atoms with Crippen LogP contribution in [0.4, 0.5) is 0 Å². The zero-order valence-corrected chi connectivity index (χ0v) is 21.3. The number of benzene rings is 1. The highest BCUT2D eigenvalue weighted by atomic mass is 16.3. The van der Waals surface area contributed by atoms with Gasteiger partial charge in [-0.2, -0.15) is 0 Å². The predicted octanol–water partition coefficient (Wildman–Crippen LogP) is 6.12. The van der Waals surface area contributed by atoms with E-state index in [1.807, 2.05) is 0 Å². The minimum Gasteiger partial charge on any atom is -0.393 e. The summed E-state index contributed by atoms with van der Waals surface area (Å²) in [4.78, 5) is 8.34. The van der Waals surface area contributed by atoms with Crippen LogP contribution in [0.5, 0.6) is 0 Å². The lowest BCUT2D eigenvalue weighted by Crippen LogP contribution is -2.58. The Kier molecular flexibility index (Phi) is 5.65. The monoisotopic (exact) mass is 464 g/mol. The van der Waals surface area contributed by atoms with Crippen molar-refractivity contribution in [3.63, 3.8) is 0 Å². The fourth-order valence-corrected chi connectivity index (χ4v) is 9.87. The van der Waals surface area contributed by atoms with Crippen molar-refractivity contribution < 1.29 is 10.2 Å². The average molecular weight is 465 g/mol. The number of rotatable bonds is 4. The van der Waals surface area contributed by atoms with Gasteiger partial charge in [-0.05, 0) is 116 Å². The molecule has 4 nitrogen and oxygen atoms in total. The van der Waals surface area contributed by atoms with Crippen LogP contribution in [0.25, 0.3) is 11.0 Å². The number of aliphatic hydroxyl groups is 2. The second kappa shape index (κ2) is 8.34. The summed E-state index contributed by atoms with van der Waals surface area (Å²) in [7, 11) is 0. The first-order chi connectivity index (χ1) is 16.3. The van der Waals surface area contributed by atoms with Crippen molar-refractivity contribution in [2.75, 3.05) is 0 Å². The number of hydrogen-bond acceptors (Lipinski definition) is 3. The number of hydrogen-bond donors (Lipinski definition) is 3. The Morgan fingerprint density at radius 2 is 1.76 bits per heavy atom. The number of nitrogens with zero attached hydrogens (tertiary/aromatic N) is 1. The van der Waals surface area contributed by atoms with Crippen molar-refractivity contribution in [3.05, 3.63) is 30.1 Å². The molecule has 0 bridgehead atoms. The number of fused-ring (bicyclic) bond motifs is 6. The number of aryl methyl sites for hydroxylation is 1. The number of aromatic nitrogens is 2. The molecule has 1 unspecified atom stereocenters. The molecule has 1 heterocycles. The largest absolute Gasteiger partial charge is 0.393 e. The number of aliphatic hydroxyl groups excluding tert-OH is 2. The van der Waals surface area contributed by atoms with Gasteiger partial charge in [0, 0.05) is 6.42 Å². The lowest BCUT2D eigenvalue weighted by atomic mass is 9.43. The quantitative estimate of drug-likeness (QED) is 0.510. The van der Waals surface area contributed by atoms with Gasteiger partial charge in [0.2, 0.25) is 0 Å². The van der Waals surface area contributed by atoms with Gasteiger partial charge in [0.25, 0.3) is 0 Å². The third kappa shape index (κ3) is 3.50. The molecule has 34 heavy (non-hydrogen) atoms. The molecule has 0 aliphatic heterocycles. The minimum absolute atomic E-state index is 0.154. The first-order valence-electron chi connectivity index (χ1n) is 14.1. The molecule has 4 aliphatic carbocycles. The third-order valence-electron chi connectivity index (χ3n) is 11.7. The third-order valence-corrected chi connectivity index (χ3v) is 11.7. The van der Waals surface area contributed by atoms with E-state index < -0.39 is 0 Å². The van der Waals surface area contributed by atoms with E-state index in [4.69, 9.17) is 4.98 Å². The molecule has 1 aromatic heterocycles. The predicted molar refractivity (Wildman–Crippen MR) is 136 cm³/mol. The molecular weight excluding hydrogens is 420 g/mol. The van der Waals surface area contributed by atoms with E-state index in [1.165, 1.54) is 32.1 Å². The van der Waals surface area contributed by atoms with E-state index in [-0.39, 0.29) is 12.2 Å². The Morgan fingerprint density at radius 1 is 1.00 bits per heavy atom. The van der Waals surface area contributed by atoms with Crippen LogP contribution >= 0.6 is 0 Å². The molecule has 186 valence electrons. The number of imidazole rings is 1. The molecule has 10 atom stereocenters. The second-order valence-electron chi connectivity index (χ2n) is 13.2. The van der Waals surface area contributed by atoms with Gasteiger partial charge in [-0.25, -0.2) is 4.98 Å². The smallest absolute Gasteiger partial charge is 0.107 e. The number of para-hydroxylation sites is 2. The second-order valence-corrected chi connectivity index (χ2v) is 13.2. The van der Waals surface area contributed by atoms with Gasteiger partial charge >= 0.3 is 0 Å². The molecule has 4 fully saturated rings. The fourth-order valence-electron chi connectivity index (χ4n) is 9.87. The summed E-state index contributed by atoms with van der Waals surface area (Å²) in [5.41, 5.74) is 2.89. The molecule has 4 heteroatoms. The summed E-state index contributed by atoms with van der Waals surface area (Å²) in [6, 6.07) is 8.33. The summed E-state index contributed by atoms with van der Waals surface area (Å²) in [5.74, 6) is 4.79. The highest BCUT2D eigenvalue weighted by Gasteiger charge is 2.62. The van der Waals surface area contributed by atoms with E-state index in [0.717, 1.165) is 54.9 Å². The van der Waals surface area contributed by atoms with Crippen LogP contribution in [-0.2, 0) is 6.42 Å². The summed E-state index contributed by atoms with van der Waals surface area (Å²) in [6.07, 6.45) is 11.0. The Labute approximate surface area is 205 Å². The molecule has 3 N–H and O–H groups in total. The topological polar surface area (TPSA) is 69.1 Å². The maximum atomic E-state index is 11.5. The van der Waals surface area contributed by atoms with E-state index >= 15 is 0 Å². The normalized spacial score (nSPS) is 44.9. The van der Waals surface area contributed by atoms with Crippen LogP contribution in [0.1, 0.15) is 84.4 Å². The van der Waals surface area contributed by atoms with Crippen LogP contribution in [0.3, 0.4) is 0 Å². The molecule has 4 saturated carbocycles. The van der Waals surface area contributed by atoms with Gasteiger partial charge in [0.1, 0.15) is 5.82 Å². The van der Waals surface area contributed by atoms with Crippen molar-refractivity contribution in [3.8, 4) is 0 Å². The standard InChI is InChI=1S/C30H44N2O2/c1-18(8-11-27-31-24-6-4-5-7-25(24)32-27)21-9-10-22-28-23(13-15-30(21,22)3)29(2)14-12-20(33)16-19(29)17-26(28)34/h4-7,18-23,26,28,33-34H,8-17H2,1-3H3,(H,31,32)/t18-,19?,20-,21-,22+,23+,26-,28+,29+,30-/m1/s1.